The average molecular weight is 219 g/mol. The molecule has 1 aromatic rings. The van der Waals surface area contributed by atoms with Crippen molar-refractivity contribution in [3.63, 3.8) is 0 Å². The van der Waals surface area contributed by atoms with Crippen molar-refractivity contribution in [1.82, 2.24) is 0 Å². The first-order valence-electron chi connectivity index (χ1n) is 6.15. The summed E-state index contributed by atoms with van der Waals surface area (Å²) in [7, 11) is 1.82. The molecule has 1 saturated carbocycles. The van der Waals surface area contributed by atoms with Gasteiger partial charge in [0.15, 0.2) is 0 Å². The van der Waals surface area contributed by atoms with Gasteiger partial charge in [-0.15, -0.1) is 0 Å². The molecule has 0 saturated heterocycles. The van der Waals surface area contributed by atoms with Crippen molar-refractivity contribution in [3.05, 3.63) is 29.8 Å². The van der Waals surface area contributed by atoms with Gasteiger partial charge < -0.3 is 10.1 Å². The Labute approximate surface area is 98.0 Å². The number of rotatable bonds is 3. The van der Waals surface area contributed by atoms with E-state index in [4.69, 9.17) is 4.74 Å². The third-order valence-electron chi connectivity index (χ3n) is 3.41. The molecule has 2 rings (SSSR count). The number of ether oxygens (including phenoxy) is 1. The fourth-order valence-electron chi connectivity index (χ4n) is 2.41. The van der Waals surface area contributed by atoms with Gasteiger partial charge in [-0.2, -0.15) is 0 Å². The van der Waals surface area contributed by atoms with Crippen LogP contribution in [0.2, 0.25) is 0 Å². The molecule has 2 atom stereocenters. The Balaban J connectivity index is 1.99. The topological polar surface area (TPSA) is 21.3 Å². The van der Waals surface area contributed by atoms with Gasteiger partial charge in [0, 0.05) is 12.8 Å². The maximum atomic E-state index is 5.54. The van der Waals surface area contributed by atoms with Crippen LogP contribution in [-0.2, 0) is 4.74 Å². The molecule has 2 unspecified atom stereocenters. The minimum absolute atomic E-state index is 0.370. The second kappa shape index (κ2) is 5.35. The summed E-state index contributed by atoms with van der Waals surface area (Å²) in [4.78, 5) is 0. The maximum absolute atomic E-state index is 5.54. The maximum Gasteiger partial charge on any atom is 0.0772 e. The molecule has 2 heteroatoms. The van der Waals surface area contributed by atoms with Crippen molar-refractivity contribution < 1.29 is 4.74 Å². The van der Waals surface area contributed by atoms with Crippen molar-refractivity contribution in [2.24, 2.45) is 0 Å². The third kappa shape index (κ3) is 2.76. The molecule has 1 aromatic carbocycles. The minimum atomic E-state index is 0.370. The van der Waals surface area contributed by atoms with Crippen LogP contribution in [0.5, 0.6) is 0 Å². The van der Waals surface area contributed by atoms with Crippen LogP contribution in [0.1, 0.15) is 31.2 Å². The molecule has 0 radical (unpaired) electrons. The zero-order valence-corrected chi connectivity index (χ0v) is 10.2. The number of anilines is 1. The second-order valence-corrected chi connectivity index (χ2v) is 4.68. The number of aryl methyl sites for hydroxylation is 1. The van der Waals surface area contributed by atoms with E-state index >= 15 is 0 Å². The van der Waals surface area contributed by atoms with Crippen LogP contribution in [-0.4, -0.2) is 19.3 Å². The van der Waals surface area contributed by atoms with Crippen molar-refractivity contribution >= 4 is 5.69 Å². The standard InChI is InChI=1S/C14H21NO/c1-11-7-9-12(10-8-11)15-13-5-3-4-6-14(13)16-2/h7-10,13-15H,3-6H2,1-2H3. The lowest BCUT2D eigenvalue weighted by molar-refractivity contribution is 0.0606. The van der Waals surface area contributed by atoms with Crippen molar-refractivity contribution in [2.45, 2.75) is 44.8 Å². The zero-order valence-electron chi connectivity index (χ0n) is 10.2. The highest BCUT2D eigenvalue weighted by atomic mass is 16.5. The molecule has 88 valence electrons. The van der Waals surface area contributed by atoms with E-state index in [9.17, 15) is 0 Å². The van der Waals surface area contributed by atoms with Gasteiger partial charge in [0.1, 0.15) is 0 Å². The SMILES string of the molecule is COC1CCCCC1Nc1ccc(C)cc1. The fourth-order valence-corrected chi connectivity index (χ4v) is 2.41. The Morgan fingerprint density at radius 3 is 2.50 bits per heavy atom. The molecule has 1 aliphatic carbocycles. The lowest BCUT2D eigenvalue weighted by Crippen LogP contribution is -2.37. The highest BCUT2D eigenvalue weighted by Crippen LogP contribution is 2.24. The van der Waals surface area contributed by atoms with Gasteiger partial charge in [0.2, 0.25) is 0 Å². The van der Waals surface area contributed by atoms with Crippen LogP contribution in [0.25, 0.3) is 0 Å². The monoisotopic (exact) mass is 219 g/mol. The summed E-state index contributed by atoms with van der Waals surface area (Å²) in [6.07, 6.45) is 5.37. The van der Waals surface area contributed by atoms with Gasteiger partial charge in [-0.3, -0.25) is 0 Å². The average Bonchev–Trinajstić information content (AvgIpc) is 2.33. The molecule has 1 N–H and O–H groups in total. The molecule has 0 spiro atoms. The summed E-state index contributed by atoms with van der Waals surface area (Å²) in [6, 6.07) is 9.06. The zero-order chi connectivity index (χ0) is 11.4. The van der Waals surface area contributed by atoms with Gasteiger partial charge in [-0.05, 0) is 31.9 Å². The van der Waals surface area contributed by atoms with E-state index < -0.39 is 0 Å². The summed E-state index contributed by atoms with van der Waals surface area (Å²) in [6.45, 7) is 2.11. The van der Waals surface area contributed by atoms with E-state index in [0.29, 0.717) is 12.1 Å². The van der Waals surface area contributed by atoms with E-state index in [0.717, 1.165) is 0 Å². The fraction of sp³-hybridized carbons (Fsp3) is 0.571. The van der Waals surface area contributed by atoms with E-state index in [1.165, 1.54) is 36.9 Å². The van der Waals surface area contributed by atoms with Gasteiger partial charge in [-0.1, -0.05) is 30.5 Å². The van der Waals surface area contributed by atoms with Gasteiger partial charge >= 0.3 is 0 Å². The minimum Gasteiger partial charge on any atom is -0.380 e. The van der Waals surface area contributed by atoms with E-state index in [-0.39, 0.29) is 0 Å². The molecule has 1 fully saturated rings. The van der Waals surface area contributed by atoms with Crippen LogP contribution in [0.3, 0.4) is 0 Å². The van der Waals surface area contributed by atoms with E-state index in [1.54, 1.807) is 0 Å². The lowest BCUT2D eigenvalue weighted by atomic mass is 9.92. The molecule has 1 aliphatic rings. The first-order valence-corrected chi connectivity index (χ1v) is 6.15. The van der Waals surface area contributed by atoms with Gasteiger partial charge in [0.05, 0.1) is 12.1 Å². The molecule has 2 nitrogen and oxygen atoms in total. The van der Waals surface area contributed by atoms with E-state index in [1.807, 2.05) is 7.11 Å². The molecule has 0 amide bonds. The van der Waals surface area contributed by atoms with Crippen LogP contribution in [0, 0.1) is 6.92 Å². The normalized spacial score (nSPS) is 25.4. The Hall–Kier alpha value is -1.02. The van der Waals surface area contributed by atoms with E-state index in [2.05, 4.69) is 36.5 Å². The highest BCUT2D eigenvalue weighted by Gasteiger charge is 2.24. The van der Waals surface area contributed by atoms with Crippen molar-refractivity contribution in [3.8, 4) is 0 Å². The van der Waals surface area contributed by atoms with Gasteiger partial charge in [0.25, 0.3) is 0 Å². The van der Waals surface area contributed by atoms with Crippen LogP contribution >= 0.6 is 0 Å². The molecule has 16 heavy (non-hydrogen) atoms. The molecule has 0 bridgehead atoms. The third-order valence-corrected chi connectivity index (χ3v) is 3.41. The smallest absolute Gasteiger partial charge is 0.0772 e. The number of methoxy groups -OCH3 is 1. The summed E-state index contributed by atoms with van der Waals surface area (Å²) in [5.74, 6) is 0. The van der Waals surface area contributed by atoms with Crippen LogP contribution in [0.15, 0.2) is 24.3 Å². The van der Waals surface area contributed by atoms with Crippen LogP contribution < -0.4 is 5.32 Å². The van der Waals surface area contributed by atoms with Crippen molar-refractivity contribution in [2.75, 3.05) is 12.4 Å². The Kier molecular flexibility index (Phi) is 3.83. The first kappa shape index (κ1) is 11.5. The van der Waals surface area contributed by atoms with Crippen molar-refractivity contribution in [1.29, 1.82) is 0 Å². The Bertz CT molecular complexity index is 320. The number of hydrogen-bond donors (Lipinski definition) is 1. The van der Waals surface area contributed by atoms with Gasteiger partial charge in [-0.25, -0.2) is 0 Å². The molecule has 0 heterocycles. The Morgan fingerprint density at radius 1 is 1.12 bits per heavy atom. The number of nitrogens with one attached hydrogen (secondary N) is 1. The highest BCUT2D eigenvalue weighted by molar-refractivity contribution is 5.45. The summed E-state index contributed by atoms with van der Waals surface area (Å²) in [5.41, 5.74) is 2.51. The molecule has 0 aromatic heterocycles. The van der Waals surface area contributed by atoms with Crippen LogP contribution in [0.4, 0.5) is 5.69 Å². The summed E-state index contributed by atoms with van der Waals surface area (Å²) >= 11 is 0. The second-order valence-electron chi connectivity index (χ2n) is 4.68. The largest absolute Gasteiger partial charge is 0.380 e. The predicted molar refractivity (Wildman–Crippen MR) is 67.9 cm³/mol. The lowest BCUT2D eigenvalue weighted by Gasteiger charge is -2.31. The predicted octanol–water partition coefficient (Wildman–Crippen LogP) is 3.36. The molecular formula is C14H21NO. The summed E-state index contributed by atoms with van der Waals surface area (Å²) < 4.78 is 5.54. The quantitative estimate of drug-likeness (QED) is 0.841. The molecule has 0 aliphatic heterocycles. The first-order chi connectivity index (χ1) is 7.79. The number of benzene rings is 1. The Morgan fingerprint density at radius 2 is 1.81 bits per heavy atom. The number of hydrogen-bond acceptors (Lipinski definition) is 2. The molecular weight excluding hydrogens is 198 g/mol. The summed E-state index contributed by atoms with van der Waals surface area (Å²) in [5, 5.41) is 3.58.